The minimum absolute atomic E-state index is 0.0314. The number of phenols is 1. The van der Waals surface area contributed by atoms with E-state index in [4.69, 9.17) is 0 Å². The maximum Gasteiger partial charge on any atom is 0.224 e. The molecule has 142 valence electrons. The molecule has 0 radical (unpaired) electrons. The van der Waals surface area contributed by atoms with Crippen LogP contribution in [0.1, 0.15) is 19.3 Å². The van der Waals surface area contributed by atoms with E-state index in [0.29, 0.717) is 18.5 Å². The van der Waals surface area contributed by atoms with Crippen LogP contribution in [0.2, 0.25) is 0 Å². The molecule has 2 aromatic rings. The first-order chi connectivity index (χ1) is 13.0. The summed E-state index contributed by atoms with van der Waals surface area (Å²) < 4.78 is 0. The zero-order chi connectivity index (χ0) is 19.0. The molecule has 1 aromatic carbocycles. The topological polar surface area (TPSA) is 85.8 Å². The molecule has 2 fully saturated rings. The third-order valence-corrected chi connectivity index (χ3v) is 5.56. The molecule has 0 aliphatic carbocycles. The number of benzene rings is 1. The van der Waals surface area contributed by atoms with Crippen molar-refractivity contribution in [1.82, 2.24) is 15.2 Å². The Morgan fingerprint density at radius 2 is 2.00 bits per heavy atom. The standard InChI is InChI=1S/C20H24N4O3/c1-23-12-15(11-18(23)26)21-20(27)14-7-9-24(10-8-14)17-6-5-13-3-2-4-16(25)19(13)22-17/h2-6,14-15,25H,7-12H2,1H3,(H,21,27). The van der Waals surface area contributed by atoms with Crippen LogP contribution in [0.15, 0.2) is 30.3 Å². The van der Waals surface area contributed by atoms with Gasteiger partial charge in [0.25, 0.3) is 0 Å². The molecule has 7 nitrogen and oxygen atoms in total. The van der Waals surface area contributed by atoms with E-state index in [1.165, 1.54) is 0 Å². The molecule has 2 aliphatic rings. The zero-order valence-electron chi connectivity index (χ0n) is 15.4. The van der Waals surface area contributed by atoms with Gasteiger partial charge >= 0.3 is 0 Å². The van der Waals surface area contributed by atoms with Gasteiger partial charge in [-0.05, 0) is 31.0 Å². The number of phenolic OH excluding ortho intramolecular Hbond substituents is 1. The maximum absolute atomic E-state index is 12.5. The first-order valence-corrected chi connectivity index (χ1v) is 9.39. The van der Waals surface area contributed by atoms with Crippen molar-refractivity contribution < 1.29 is 14.7 Å². The fourth-order valence-electron chi connectivity index (χ4n) is 3.95. The summed E-state index contributed by atoms with van der Waals surface area (Å²) >= 11 is 0. The second kappa shape index (κ2) is 7.06. The number of pyridine rings is 1. The second-order valence-corrected chi connectivity index (χ2v) is 7.46. The summed E-state index contributed by atoms with van der Waals surface area (Å²) in [7, 11) is 1.77. The number of likely N-dealkylation sites (tertiary alicyclic amines) is 1. The van der Waals surface area contributed by atoms with Crippen molar-refractivity contribution in [2.75, 3.05) is 31.6 Å². The van der Waals surface area contributed by atoms with Gasteiger partial charge in [0.05, 0.1) is 6.04 Å². The van der Waals surface area contributed by atoms with Crippen LogP contribution < -0.4 is 10.2 Å². The number of anilines is 1. The van der Waals surface area contributed by atoms with E-state index in [-0.39, 0.29) is 29.5 Å². The number of rotatable bonds is 3. The number of carbonyl (C=O) groups excluding carboxylic acids is 2. The van der Waals surface area contributed by atoms with Gasteiger partial charge in [0.2, 0.25) is 11.8 Å². The molecule has 1 aromatic heterocycles. The van der Waals surface area contributed by atoms with E-state index in [2.05, 4.69) is 15.2 Å². The van der Waals surface area contributed by atoms with E-state index in [0.717, 1.165) is 37.1 Å². The zero-order valence-corrected chi connectivity index (χ0v) is 15.4. The van der Waals surface area contributed by atoms with Crippen molar-refractivity contribution in [1.29, 1.82) is 0 Å². The first-order valence-electron chi connectivity index (χ1n) is 9.39. The van der Waals surface area contributed by atoms with Gasteiger partial charge in [0.15, 0.2) is 0 Å². The van der Waals surface area contributed by atoms with Gasteiger partial charge in [-0.1, -0.05) is 12.1 Å². The van der Waals surface area contributed by atoms with Gasteiger partial charge in [-0.15, -0.1) is 0 Å². The lowest BCUT2D eigenvalue weighted by Gasteiger charge is -2.32. The van der Waals surface area contributed by atoms with Crippen LogP contribution in [0.3, 0.4) is 0 Å². The third kappa shape index (κ3) is 3.54. The largest absolute Gasteiger partial charge is 0.506 e. The van der Waals surface area contributed by atoms with E-state index in [1.54, 1.807) is 24.1 Å². The molecule has 3 heterocycles. The van der Waals surface area contributed by atoms with Crippen molar-refractivity contribution in [3.05, 3.63) is 30.3 Å². The molecule has 4 rings (SSSR count). The van der Waals surface area contributed by atoms with E-state index in [9.17, 15) is 14.7 Å². The monoisotopic (exact) mass is 368 g/mol. The SMILES string of the molecule is CN1CC(NC(=O)C2CCN(c3ccc4cccc(O)c4n3)CC2)CC1=O. The highest BCUT2D eigenvalue weighted by Gasteiger charge is 2.31. The number of hydrogen-bond donors (Lipinski definition) is 2. The Balaban J connectivity index is 1.37. The molecule has 1 atom stereocenters. The van der Waals surface area contributed by atoms with Gasteiger partial charge in [-0.25, -0.2) is 4.98 Å². The fraction of sp³-hybridized carbons (Fsp3) is 0.450. The summed E-state index contributed by atoms with van der Waals surface area (Å²) in [6.45, 7) is 2.08. The van der Waals surface area contributed by atoms with Crippen molar-refractivity contribution in [2.24, 2.45) is 5.92 Å². The number of para-hydroxylation sites is 1. The summed E-state index contributed by atoms with van der Waals surface area (Å²) in [5, 5.41) is 14.0. The smallest absolute Gasteiger partial charge is 0.224 e. The number of amides is 2. The number of hydrogen-bond acceptors (Lipinski definition) is 5. The molecule has 0 spiro atoms. The average molecular weight is 368 g/mol. The number of carbonyl (C=O) groups is 2. The molecular weight excluding hydrogens is 344 g/mol. The van der Waals surface area contributed by atoms with Gasteiger partial charge < -0.3 is 20.2 Å². The minimum atomic E-state index is -0.0711. The Bertz CT molecular complexity index is 877. The van der Waals surface area contributed by atoms with E-state index in [1.807, 2.05) is 18.2 Å². The van der Waals surface area contributed by atoms with Crippen molar-refractivity contribution in [2.45, 2.75) is 25.3 Å². The Labute approximate surface area is 158 Å². The summed E-state index contributed by atoms with van der Waals surface area (Å²) in [6.07, 6.45) is 1.90. The number of nitrogens with one attached hydrogen (secondary N) is 1. The number of fused-ring (bicyclic) bond motifs is 1. The Morgan fingerprint density at radius 3 is 2.70 bits per heavy atom. The van der Waals surface area contributed by atoms with Crippen LogP contribution in [-0.2, 0) is 9.59 Å². The third-order valence-electron chi connectivity index (χ3n) is 5.56. The lowest BCUT2D eigenvalue weighted by molar-refractivity contribution is -0.126. The molecule has 2 aliphatic heterocycles. The van der Waals surface area contributed by atoms with Crippen molar-refractivity contribution >= 4 is 28.5 Å². The highest BCUT2D eigenvalue weighted by Crippen LogP contribution is 2.28. The number of aromatic nitrogens is 1. The van der Waals surface area contributed by atoms with Gasteiger partial charge in [0.1, 0.15) is 17.1 Å². The molecule has 0 saturated carbocycles. The van der Waals surface area contributed by atoms with Gasteiger partial charge in [-0.3, -0.25) is 9.59 Å². The lowest BCUT2D eigenvalue weighted by Crippen LogP contribution is -2.44. The van der Waals surface area contributed by atoms with Crippen molar-refractivity contribution in [3.8, 4) is 5.75 Å². The molecule has 27 heavy (non-hydrogen) atoms. The quantitative estimate of drug-likeness (QED) is 0.858. The molecule has 2 N–H and O–H groups in total. The molecule has 2 amide bonds. The summed E-state index contributed by atoms with van der Waals surface area (Å²) in [6, 6.07) is 9.22. The Kier molecular flexibility index (Phi) is 4.59. The average Bonchev–Trinajstić information content (AvgIpc) is 2.99. The fourth-order valence-corrected chi connectivity index (χ4v) is 3.95. The van der Waals surface area contributed by atoms with Crippen LogP contribution in [-0.4, -0.2) is 59.5 Å². The number of nitrogens with zero attached hydrogens (tertiary/aromatic N) is 3. The molecule has 7 heteroatoms. The van der Waals surface area contributed by atoms with Gasteiger partial charge in [0, 0.05) is 44.4 Å². The summed E-state index contributed by atoms with van der Waals surface area (Å²) in [5.41, 5.74) is 0.602. The molecular formula is C20H24N4O3. The van der Waals surface area contributed by atoms with Crippen LogP contribution in [0, 0.1) is 5.92 Å². The van der Waals surface area contributed by atoms with E-state index >= 15 is 0 Å². The predicted octanol–water partition coefficient (Wildman–Crippen LogP) is 1.50. The van der Waals surface area contributed by atoms with Gasteiger partial charge in [-0.2, -0.15) is 0 Å². The first kappa shape index (κ1) is 17.6. The van der Waals surface area contributed by atoms with Crippen molar-refractivity contribution in [3.63, 3.8) is 0 Å². The van der Waals surface area contributed by atoms with E-state index < -0.39 is 0 Å². The minimum Gasteiger partial charge on any atom is -0.506 e. The van der Waals surface area contributed by atoms with Crippen LogP contribution in [0.4, 0.5) is 5.82 Å². The highest BCUT2D eigenvalue weighted by molar-refractivity contribution is 5.86. The molecule has 0 bridgehead atoms. The molecule has 2 saturated heterocycles. The van der Waals surface area contributed by atoms with Crippen LogP contribution in [0.5, 0.6) is 5.75 Å². The Morgan fingerprint density at radius 1 is 1.22 bits per heavy atom. The maximum atomic E-state index is 12.5. The predicted molar refractivity (Wildman–Crippen MR) is 103 cm³/mol. The molecule has 1 unspecified atom stereocenters. The van der Waals surface area contributed by atoms with Crippen LogP contribution in [0.25, 0.3) is 10.9 Å². The highest BCUT2D eigenvalue weighted by atomic mass is 16.3. The number of likely N-dealkylation sites (N-methyl/N-ethyl adjacent to an activating group) is 1. The summed E-state index contributed by atoms with van der Waals surface area (Å²) in [4.78, 5) is 32.5. The van der Waals surface area contributed by atoms with Crippen LogP contribution >= 0.6 is 0 Å². The normalized spacial score (nSPS) is 21.1. The summed E-state index contributed by atoms with van der Waals surface area (Å²) in [5.74, 6) is 1.11. The lowest BCUT2D eigenvalue weighted by atomic mass is 9.95. The Hall–Kier alpha value is -2.83. The second-order valence-electron chi connectivity index (χ2n) is 7.46. The number of piperidine rings is 1. The number of aromatic hydroxyl groups is 1.